The summed E-state index contributed by atoms with van der Waals surface area (Å²) >= 11 is 0. The third-order valence-corrected chi connectivity index (χ3v) is 3.10. The summed E-state index contributed by atoms with van der Waals surface area (Å²) in [5.41, 5.74) is 1.78. The van der Waals surface area contributed by atoms with Crippen LogP contribution in [0.1, 0.15) is 18.1 Å². The third kappa shape index (κ3) is 6.96. The molecule has 2 aromatic carbocycles. The molecule has 0 aliphatic rings. The highest BCUT2D eigenvalue weighted by Crippen LogP contribution is 2.27. The van der Waals surface area contributed by atoms with Gasteiger partial charge in [-0.3, -0.25) is 9.59 Å². The highest BCUT2D eigenvalue weighted by Gasteiger charge is 2.05. The Kier molecular flexibility index (Phi) is 8.05. The van der Waals surface area contributed by atoms with E-state index in [9.17, 15) is 9.59 Å². The second-order valence-electron chi connectivity index (χ2n) is 5.12. The number of carboxylic acids is 1. The number of ketones is 1. The molecule has 128 valence electrons. The van der Waals surface area contributed by atoms with Gasteiger partial charge in [0.2, 0.25) is 0 Å². The summed E-state index contributed by atoms with van der Waals surface area (Å²) in [6, 6.07) is 14.6. The Morgan fingerprint density at radius 1 is 0.875 bits per heavy atom. The first-order chi connectivity index (χ1) is 11.5. The molecule has 0 aliphatic heterocycles. The molecule has 0 aromatic heterocycles. The zero-order valence-corrected chi connectivity index (χ0v) is 14.1. The van der Waals surface area contributed by atoms with Crippen LogP contribution in [0, 0.1) is 0 Å². The van der Waals surface area contributed by atoms with Gasteiger partial charge < -0.3 is 14.6 Å². The Bertz CT molecular complexity index is 665. The molecule has 0 bridgehead atoms. The Labute approximate surface area is 141 Å². The lowest BCUT2D eigenvalue weighted by atomic mass is 10.1. The number of Topliss-reactive ketones (excluding diaryl/α,β-unsaturated/α-hetero) is 1. The number of aliphatic carboxylic acids is 1. The molecule has 5 nitrogen and oxygen atoms in total. The second-order valence-corrected chi connectivity index (χ2v) is 5.12. The first kappa shape index (κ1) is 19.2. The molecular weight excluding hydrogens is 308 g/mol. The second kappa shape index (κ2) is 10.0. The Hall–Kier alpha value is -2.82. The van der Waals surface area contributed by atoms with Crippen molar-refractivity contribution in [2.75, 3.05) is 14.2 Å². The van der Waals surface area contributed by atoms with E-state index in [0.29, 0.717) is 17.9 Å². The van der Waals surface area contributed by atoms with Crippen molar-refractivity contribution < 1.29 is 24.2 Å². The topological polar surface area (TPSA) is 72.8 Å². The van der Waals surface area contributed by atoms with Gasteiger partial charge in [-0.15, -0.1) is 0 Å². The van der Waals surface area contributed by atoms with E-state index in [4.69, 9.17) is 14.6 Å². The van der Waals surface area contributed by atoms with Gasteiger partial charge in [0, 0.05) is 6.42 Å². The molecular formula is C19H22O5. The van der Waals surface area contributed by atoms with Crippen LogP contribution in [0.4, 0.5) is 0 Å². The number of benzene rings is 2. The summed E-state index contributed by atoms with van der Waals surface area (Å²) in [4.78, 5) is 21.1. The number of carbonyl (C=O) groups excluding carboxylic acids is 1. The van der Waals surface area contributed by atoms with Crippen LogP contribution in [-0.2, 0) is 22.4 Å². The number of carboxylic acid groups (broad SMARTS) is 1. The highest BCUT2D eigenvalue weighted by atomic mass is 16.5. The van der Waals surface area contributed by atoms with E-state index < -0.39 is 5.97 Å². The molecule has 0 heterocycles. The maximum atomic E-state index is 10.9. The van der Waals surface area contributed by atoms with Crippen LogP contribution < -0.4 is 9.47 Å². The lowest BCUT2D eigenvalue weighted by Gasteiger charge is -2.08. The van der Waals surface area contributed by atoms with Crippen LogP contribution in [0.15, 0.2) is 48.5 Å². The van der Waals surface area contributed by atoms with Gasteiger partial charge >= 0.3 is 5.97 Å². The van der Waals surface area contributed by atoms with Crippen LogP contribution >= 0.6 is 0 Å². The van der Waals surface area contributed by atoms with Crippen LogP contribution in [-0.4, -0.2) is 31.1 Å². The fourth-order valence-corrected chi connectivity index (χ4v) is 2.05. The maximum absolute atomic E-state index is 10.9. The monoisotopic (exact) mass is 330 g/mol. The van der Waals surface area contributed by atoms with Crippen LogP contribution in [0.2, 0.25) is 0 Å². The largest absolute Gasteiger partial charge is 0.493 e. The molecule has 0 radical (unpaired) electrons. The molecule has 2 rings (SSSR count). The van der Waals surface area contributed by atoms with E-state index in [1.54, 1.807) is 39.3 Å². The van der Waals surface area contributed by atoms with Crippen molar-refractivity contribution in [2.24, 2.45) is 0 Å². The van der Waals surface area contributed by atoms with E-state index in [1.807, 2.05) is 30.3 Å². The van der Waals surface area contributed by atoms with Crippen LogP contribution in [0.3, 0.4) is 0 Å². The van der Waals surface area contributed by atoms with Crippen molar-refractivity contribution in [2.45, 2.75) is 19.8 Å². The van der Waals surface area contributed by atoms with Crippen molar-refractivity contribution in [1.29, 1.82) is 0 Å². The fraction of sp³-hybridized carbons (Fsp3) is 0.263. The van der Waals surface area contributed by atoms with Gasteiger partial charge in [-0.2, -0.15) is 0 Å². The predicted molar refractivity (Wildman–Crippen MR) is 91.7 cm³/mol. The number of ether oxygens (including phenoxy) is 2. The average Bonchev–Trinajstić information content (AvgIpc) is 2.55. The van der Waals surface area contributed by atoms with Crippen molar-refractivity contribution >= 4 is 11.8 Å². The van der Waals surface area contributed by atoms with Gasteiger partial charge in [0.1, 0.15) is 5.78 Å². The third-order valence-electron chi connectivity index (χ3n) is 3.10. The molecule has 0 aliphatic carbocycles. The summed E-state index contributed by atoms with van der Waals surface area (Å²) in [5, 5.41) is 8.37. The minimum absolute atomic E-state index is 0.112. The van der Waals surface area contributed by atoms with Crippen LogP contribution in [0.5, 0.6) is 11.5 Å². The summed E-state index contributed by atoms with van der Waals surface area (Å²) in [6.45, 7) is 1.57. The first-order valence-electron chi connectivity index (χ1n) is 7.42. The lowest BCUT2D eigenvalue weighted by molar-refractivity contribution is -0.136. The van der Waals surface area contributed by atoms with E-state index in [-0.39, 0.29) is 12.2 Å². The zero-order valence-electron chi connectivity index (χ0n) is 14.1. The SMILES string of the molecule is COc1ccc(CC(C)=O)cc1OC.O=C(O)Cc1ccccc1. The van der Waals surface area contributed by atoms with Gasteiger partial charge in [0.05, 0.1) is 20.6 Å². The number of carbonyl (C=O) groups is 2. The van der Waals surface area contributed by atoms with Gasteiger partial charge in [-0.25, -0.2) is 0 Å². The summed E-state index contributed by atoms with van der Waals surface area (Å²) in [5.74, 6) is 0.689. The Morgan fingerprint density at radius 3 is 2.00 bits per heavy atom. The van der Waals surface area contributed by atoms with E-state index in [2.05, 4.69) is 0 Å². The molecule has 0 atom stereocenters. The number of methoxy groups -OCH3 is 2. The van der Waals surface area contributed by atoms with Gasteiger partial charge in [0.25, 0.3) is 0 Å². The van der Waals surface area contributed by atoms with Crippen molar-refractivity contribution in [3.63, 3.8) is 0 Å². The molecule has 0 saturated heterocycles. The zero-order chi connectivity index (χ0) is 17.9. The Balaban J connectivity index is 0.000000254. The molecule has 24 heavy (non-hydrogen) atoms. The maximum Gasteiger partial charge on any atom is 0.307 e. The molecule has 2 aromatic rings. The molecule has 0 unspecified atom stereocenters. The van der Waals surface area contributed by atoms with Crippen molar-refractivity contribution in [3.05, 3.63) is 59.7 Å². The number of hydrogen-bond acceptors (Lipinski definition) is 4. The smallest absolute Gasteiger partial charge is 0.307 e. The van der Waals surface area contributed by atoms with Gasteiger partial charge in [-0.05, 0) is 30.2 Å². The first-order valence-corrected chi connectivity index (χ1v) is 7.42. The summed E-state index contributed by atoms with van der Waals surface area (Å²) in [7, 11) is 3.16. The number of rotatable bonds is 6. The van der Waals surface area contributed by atoms with Crippen molar-refractivity contribution in [3.8, 4) is 11.5 Å². The molecule has 0 fully saturated rings. The van der Waals surface area contributed by atoms with Crippen molar-refractivity contribution in [1.82, 2.24) is 0 Å². The van der Waals surface area contributed by atoms with Gasteiger partial charge in [0.15, 0.2) is 11.5 Å². The van der Waals surface area contributed by atoms with Gasteiger partial charge in [-0.1, -0.05) is 36.4 Å². The molecule has 0 amide bonds. The van der Waals surface area contributed by atoms with E-state index >= 15 is 0 Å². The van der Waals surface area contributed by atoms with E-state index in [0.717, 1.165) is 11.1 Å². The quantitative estimate of drug-likeness (QED) is 0.881. The van der Waals surface area contributed by atoms with E-state index in [1.165, 1.54) is 0 Å². The van der Waals surface area contributed by atoms with Crippen LogP contribution in [0.25, 0.3) is 0 Å². The summed E-state index contributed by atoms with van der Waals surface area (Å²) in [6.07, 6.45) is 0.543. The molecule has 1 N–H and O–H groups in total. The standard InChI is InChI=1S/C11H14O3.C8H8O2/c1-8(12)6-9-4-5-10(13-2)11(7-9)14-3;9-8(10)6-7-4-2-1-3-5-7/h4-5,7H,6H2,1-3H3;1-5H,6H2,(H,9,10). The minimum Gasteiger partial charge on any atom is -0.493 e. The molecule has 0 spiro atoms. The molecule has 5 heteroatoms. The summed E-state index contributed by atoms with van der Waals surface area (Å²) < 4.78 is 10.2. The normalized spacial score (nSPS) is 9.46. The lowest BCUT2D eigenvalue weighted by Crippen LogP contribution is -1.98. The highest BCUT2D eigenvalue weighted by molar-refractivity contribution is 5.78. The predicted octanol–water partition coefficient (Wildman–Crippen LogP) is 3.15. The minimum atomic E-state index is -0.786. The fourth-order valence-electron chi connectivity index (χ4n) is 2.05. The average molecular weight is 330 g/mol. The molecule has 0 saturated carbocycles. The Morgan fingerprint density at radius 2 is 1.50 bits per heavy atom. The number of hydrogen-bond donors (Lipinski definition) is 1.